The number of amides is 1. The summed E-state index contributed by atoms with van der Waals surface area (Å²) in [4.78, 5) is 25.4. The maximum atomic E-state index is 13.0. The van der Waals surface area contributed by atoms with Crippen molar-refractivity contribution in [2.75, 3.05) is 30.3 Å². The summed E-state index contributed by atoms with van der Waals surface area (Å²) >= 11 is 0. The zero-order chi connectivity index (χ0) is 27.4. The number of piperidine rings is 1. The van der Waals surface area contributed by atoms with Crippen LogP contribution in [-0.2, 0) is 10.9 Å². The number of rotatable bonds is 6. The number of hydrogen-bond acceptors (Lipinski definition) is 8. The first-order valence-electron chi connectivity index (χ1n) is 11.2. The number of nitrogens with zero attached hydrogens (tertiary/aromatic N) is 4. The maximum absolute atomic E-state index is 13.0. The van der Waals surface area contributed by atoms with Gasteiger partial charge in [0.05, 0.1) is 5.56 Å². The second-order valence-corrected chi connectivity index (χ2v) is 9.26. The third-order valence-corrected chi connectivity index (χ3v) is 4.91. The molecule has 0 radical (unpaired) electrons. The summed E-state index contributed by atoms with van der Waals surface area (Å²) in [5, 5.41) is 5.51. The minimum absolute atomic E-state index is 0.0422. The number of ether oxygens (including phenoxy) is 2. The SMILES string of the molecule is CC(C)(C)OC(=O)N1CCC(Nc2nc(Nc3cccc(C(F)(F)F)c3)nc(OCC(F)(F)F)n2)CC1. The lowest BCUT2D eigenvalue weighted by Gasteiger charge is -2.33. The van der Waals surface area contributed by atoms with Crippen LogP contribution in [0.25, 0.3) is 0 Å². The Kier molecular flexibility index (Phi) is 8.22. The summed E-state index contributed by atoms with van der Waals surface area (Å²) in [5.74, 6) is -0.461. The highest BCUT2D eigenvalue weighted by Crippen LogP contribution is 2.31. The van der Waals surface area contributed by atoms with Crippen molar-refractivity contribution in [3.63, 3.8) is 0 Å². The Bertz CT molecular complexity index is 1080. The molecule has 1 fully saturated rings. The van der Waals surface area contributed by atoms with Crippen LogP contribution in [-0.4, -0.2) is 63.5 Å². The van der Waals surface area contributed by atoms with Crippen LogP contribution >= 0.6 is 0 Å². The van der Waals surface area contributed by atoms with Crippen LogP contribution in [0.1, 0.15) is 39.2 Å². The summed E-state index contributed by atoms with van der Waals surface area (Å²) < 4.78 is 87.0. The van der Waals surface area contributed by atoms with Crippen LogP contribution in [0.15, 0.2) is 24.3 Å². The van der Waals surface area contributed by atoms with Gasteiger partial charge in [-0.15, -0.1) is 0 Å². The average Bonchev–Trinajstić information content (AvgIpc) is 2.76. The van der Waals surface area contributed by atoms with E-state index < -0.39 is 42.2 Å². The Labute approximate surface area is 208 Å². The standard InChI is InChI=1S/C22H26F6N6O3/c1-20(2,3)37-19(35)34-9-7-14(8-10-34)29-16-31-17(33-18(32-16)36-12-21(23,24)25)30-15-6-4-5-13(11-15)22(26,27)28/h4-6,11,14H,7-10,12H2,1-3H3,(H2,29,30,31,32,33). The zero-order valence-electron chi connectivity index (χ0n) is 20.2. The summed E-state index contributed by atoms with van der Waals surface area (Å²) in [6, 6.07) is 3.22. The molecule has 37 heavy (non-hydrogen) atoms. The van der Waals surface area contributed by atoms with Crippen LogP contribution in [0.4, 0.5) is 48.7 Å². The van der Waals surface area contributed by atoms with Crippen LogP contribution in [0.2, 0.25) is 0 Å². The Morgan fingerprint density at radius 2 is 1.68 bits per heavy atom. The van der Waals surface area contributed by atoms with Crippen LogP contribution in [0.5, 0.6) is 6.01 Å². The number of likely N-dealkylation sites (tertiary alicyclic amines) is 1. The lowest BCUT2D eigenvalue weighted by molar-refractivity contribution is -0.154. The van der Waals surface area contributed by atoms with Crippen molar-refractivity contribution in [2.45, 2.75) is 57.6 Å². The molecule has 1 amide bonds. The van der Waals surface area contributed by atoms with Crippen molar-refractivity contribution < 1.29 is 40.6 Å². The molecule has 1 aromatic carbocycles. The number of alkyl halides is 6. The molecule has 1 saturated heterocycles. The molecule has 15 heteroatoms. The van der Waals surface area contributed by atoms with Gasteiger partial charge in [0.2, 0.25) is 11.9 Å². The predicted octanol–water partition coefficient (Wildman–Crippen LogP) is 5.39. The van der Waals surface area contributed by atoms with E-state index in [-0.39, 0.29) is 23.6 Å². The summed E-state index contributed by atoms with van der Waals surface area (Å²) in [6.07, 6.45) is -8.80. The highest BCUT2D eigenvalue weighted by molar-refractivity contribution is 5.68. The number of halogens is 6. The predicted molar refractivity (Wildman–Crippen MR) is 121 cm³/mol. The molecular formula is C22H26F6N6O3. The van der Waals surface area contributed by atoms with Gasteiger partial charge in [0, 0.05) is 24.8 Å². The first-order valence-corrected chi connectivity index (χ1v) is 11.2. The zero-order valence-corrected chi connectivity index (χ0v) is 20.2. The summed E-state index contributed by atoms with van der Waals surface area (Å²) in [5.41, 5.74) is -1.62. The van der Waals surface area contributed by atoms with Crippen molar-refractivity contribution in [3.05, 3.63) is 29.8 Å². The fourth-order valence-electron chi connectivity index (χ4n) is 3.31. The minimum atomic E-state index is -4.66. The number of anilines is 3. The van der Waals surface area contributed by atoms with Crippen molar-refractivity contribution in [2.24, 2.45) is 0 Å². The van der Waals surface area contributed by atoms with Gasteiger partial charge in [-0.3, -0.25) is 0 Å². The molecule has 9 nitrogen and oxygen atoms in total. The topological polar surface area (TPSA) is 102 Å². The van der Waals surface area contributed by atoms with Gasteiger partial charge in [0.1, 0.15) is 5.60 Å². The van der Waals surface area contributed by atoms with Crippen LogP contribution < -0.4 is 15.4 Å². The van der Waals surface area contributed by atoms with Crippen LogP contribution in [0, 0.1) is 0 Å². The Hall–Kier alpha value is -3.52. The molecule has 3 rings (SSSR count). The van der Waals surface area contributed by atoms with Gasteiger partial charge in [0.25, 0.3) is 0 Å². The van der Waals surface area contributed by atoms with Gasteiger partial charge >= 0.3 is 24.5 Å². The normalized spacial score (nSPS) is 15.3. The molecule has 0 saturated carbocycles. The second kappa shape index (κ2) is 10.8. The number of hydrogen-bond donors (Lipinski definition) is 2. The third-order valence-electron chi connectivity index (χ3n) is 4.91. The first-order chi connectivity index (χ1) is 17.1. The van der Waals surface area contributed by atoms with Gasteiger partial charge in [-0.2, -0.15) is 41.3 Å². The quantitative estimate of drug-likeness (QED) is 0.475. The Balaban J connectivity index is 1.74. The molecule has 0 bridgehead atoms. The minimum Gasteiger partial charge on any atom is -0.454 e. The van der Waals surface area contributed by atoms with E-state index in [1.165, 1.54) is 11.0 Å². The van der Waals surface area contributed by atoms with Crippen molar-refractivity contribution in [3.8, 4) is 6.01 Å². The third kappa shape index (κ3) is 9.13. The van der Waals surface area contributed by atoms with E-state index in [0.29, 0.717) is 25.9 Å². The van der Waals surface area contributed by atoms with Gasteiger partial charge in [-0.05, 0) is 51.8 Å². The largest absolute Gasteiger partial charge is 0.454 e. The molecular weight excluding hydrogens is 510 g/mol. The molecule has 1 aliphatic heterocycles. The number of aromatic nitrogens is 3. The monoisotopic (exact) mass is 536 g/mol. The molecule has 2 heterocycles. The maximum Gasteiger partial charge on any atom is 0.422 e. The van der Waals surface area contributed by atoms with Crippen molar-refractivity contribution in [1.82, 2.24) is 19.9 Å². The number of carbonyl (C=O) groups excluding carboxylic acids is 1. The van der Waals surface area contributed by atoms with Crippen molar-refractivity contribution in [1.29, 1.82) is 0 Å². The second-order valence-electron chi connectivity index (χ2n) is 9.26. The van der Waals surface area contributed by atoms with E-state index in [4.69, 9.17) is 4.74 Å². The fourth-order valence-corrected chi connectivity index (χ4v) is 3.31. The molecule has 2 N–H and O–H groups in total. The Morgan fingerprint density at radius 1 is 1.03 bits per heavy atom. The first kappa shape index (κ1) is 28.1. The fraction of sp³-hybridized carbons (Fsp3) is 0.545. The molecule has 204 valence electrons. The van der Waals surface area contributed by atoms with Gasteiger partial charge < -0.3 is 25.0 Å². The van der Waals surface area contributed by atoms with E-state index in [1.54, 1.807) is 20.8 Å². The highest BCUT2D eigenvalue weighted by Gasteiger charge is 2.31. The van der Waals surface area contributed by atoms with Crippen molar-refractivity contribution >= 4 is 23.7 Å². The Morgan fingerprint density at radius 3 is 2.27 bits per heavy atom. The van der Waals surface area contributed by atoms with E-state index in [2.05, 4.69) is 30.3 Å². The lowest BCUT2D eigenvalue weighted by atomic mass is 10.1. The molecule has 2 aromatic rings. The van der Waals surface area contributed by atoms with E-state index >= 15 is 0 Å². The van der Waals surface area contributed by atoms with E-state index in [0.717, 1.165) is 18.2 Å². The molecule has 0 unspecified atom stereocenters. The number of carbonyl (C=O) groups is 1. The van der Waals surface area contributed by atoms with Gasteiger partial charge in [-0.25, -0.2) is 4.79 Å². The smallest absolute Gasteiger partial charge is 0.422 e. The molecule has 0 aliphatic carbocycles. The summed E-state index contributed by atoms with van der Waals surface area (Å²) in [7, 11) is 0. The number of benzene rings is 1. The molecule has 0 atom stereocenters. The van der Waals surface area contributed by atoms with E-state index in [1.807, 2.05) is 0 Å². The summed E-state index contributed by atoms with van der Waals surface area (Å²) in [6.45, 7) is 4.29. The van der Waals surface area contributed by atoms with E-state index in [9.17, 15) is 31.1 Å². The molecule has 1 aromatic heterocycles. The number of nitrogens with one attached hydrogen (secondary N) is 2. The van der Waals surface area contributed by atoms with Gasteiger partial charge in [0.15, 0.2) is 6.61 Å². The highest BCUT2D eigenvalue weighted by atomic mass is 19.4. The van der Waals surface area contributed by atoms with Crippen LogP contribution in [0.3, 0.4) is 0 Å². The average molecular weight is 536 g/mol. The lowest BCUT2D eigenvalue weighted by Crippen LogP contribution is -2.44. The van der Waals surface area contributed by atoms with Gasteiger partial charge in [-0.1, -0.05) is 6.07 Å². The molecule has 1 aliphatic rings. The molecule has 0 spiro atoms.